The molecule has 0 saturated heterocycles. The van der Waals surface area contributed by atoms with Crippen LogP contribution < -0.4 is 4.57 Å². The third-order valence-electron chi connectivity index (χ3n) is 6.47. The van der Waals surface area contributed by atoms with E-state index in [2.05, 4.69) is 97.6 Å². The van der Waals surface area contributed by atoms with E-state index in [1.165, 1.54) is 60.1 Å². The molecule has 0 unspecified atom stereocenters. The normalized spacial score (nSPS) is 12.6. The molecule has 0 atom stereocenters. The molecule has 0 N–H and O–H groups in total. The molecule has 0 fully saturated rings. The van der Waals surface area contributed by atoms with Gasteiger partial charge >= 0.3 is 0 Å². The van der Waals surface area contributed by atoms with Crippen LogP contribution in [0.2, 0.25) is 0 Å². The molecule has 3 heterocycles. The van der Waals surface area contributed by atoms with Crippen LogP contribution in [0.25, 0.3) is 49.0 Å². The average Bonchev–Trinajstić information content (AvgIpc) is 3.02. The summed E-state index contributed by atoms with van der Waals surface area (Å²) in [6.45, 7) is 6.83. The molecule has 0 aliphatic rings. The van der Waals surface area contributed by atoms with E-state index in [1.807, 2.05) is 0 Å². The van der Waals surface area contributed by atoms with Crippen LogP contribution in [-0.2, 0) is 13.5 Å². The molecular weight excluding hydrogens is 352 g/mol. The maximum Gasteiger partial charge on any atom is 0.224 e. The number of pyridine rings is 2. The second-order valence-electron chi connectivity index (χ2n) is 8.96. The van der Waals surface area contributed by atoms with Gasteiger partial charge < -0.3 is 4.40 Å². The molecule has 6 aromatic rings. The zero-order valence-electron chi connectivity index (χ0n) is 17.5. The van der Waals surface area contributed by atoms with E-state index < -0.39 is 0 Å². The first-order valence-corrected chi connectivity index (χ1v) is 10.5. The summed E-state index contributed by atoms with van der Waals surface area (Å²) in [5.41, 5.74) is 8.05. The molecular formula is C27H25N2+. The quantitative estimate of drug-likeness (QED) is 0.190. The highest BCUT2D eigenvalue weighted by molar-refractivity contribution is 6.25. The zero-order valence-corrected chi connectivity index (χ0v) is 17.5. The van der Waals surface area contributed by atoms with Crippen molar-refractivity contribution in [1.82, 2.24) is 4.40 Å². The van der Waals surface area contributed by atoms with Gasteiger partial charge in [-0.3, -0.25) is 0 Å². The van der Waals surface area contributed by atoms with Crippen molar-refractivity contribution < 1.29 is 4.57 Å². The number of aryl methyl sites for hydroxylation is 2. The van der Waals surface area contributed by atoms with Crippen molar-refractivity contribution in [3.63, 3.8) is 0 Å². The average molecular weight is 378 g/mol. The molecule has 6 rings (SSSR count). The first kappa shape index (κ1) is 16.8. The monoisotopic (exact) mass is 377 g/mol. The van der Waals surface area contributed by atoms with E-state index in [1.54, 1.807) is 0 Å². The Bertz CT molecular complexity index is 1570. The fraction of sp³-hybridized carbons (Fsp3) is 0.222. The highest BCUT2D eigenvalue weighted by Crippen LogP contribution is 2.40. The standard InChI is InChI=1S/C27H25N2/c1-16(2)14-18-9-11-22-21(15-18)20-10-8-17(3)24-26(20)29(22)23-7-5-6-19-12-13-28(4)27(24)25(19)23/h5-13,15-16H,14H2,1-4H3/q+1. The predicted octanol–water partition coefficient (Wildman–Crippen LogP) is 6.32. The Kier molecular flexibility index (Phi) is 3.30. The van der Waals surface area contributed by atoms with E-state index >= 15 is 0 Å². The summed E-state index contributed by atoms with van der Waals surface area (Å²) >= 11 is 0. The maximum atomic E-state index is 2.50. The third-order valence-corrected chi connectivity index (χ3v) is 6.47. The predicted molar refractivity (Wildman–Crippen MR) is 123 cm³/mol. The van der Waals surface area contributed by atoms with E-state index in [0.717, 1.165) is 6.42 Å². The van der Waals surface area contributed by atoms with Crippen molar-refractivity contribution in [2.75, 3.05) is 0 Å². The number of hydrogen-bond acceptors (Lipinski definition) is 0. The van der Waals surface area contributed by atoms with Crippen LogP contribution >= 0.6 is 0 Å². The van der Waals surface area contributed by atoms with Gasteiger partial charge in [0.2, 0.25) is 5.52 Å². The van der Waals surface area contributed by atoms with Crippen LogP contribution in [0.1, 0.15) is 25.0 Å². The topological polar surface area (TPSA) is 8.29 Å². The van der Waals surface area contributed by atoms with Gasteiger partial charge in [-0.2, -0.15) is 0 Å². The molecule has 0 radical (unpaired) electrons. The van der Waals surface area contributed by atoms with Crippen molar-refractivity contribution >= 4 is 49.0 Å². The Morgan fingerprint density at radius 2 is 1.76 bits per heavy atom. The van der Waals surface area contributed by atoms with Crippen LogP contribution in [0.5, 0.6) is 0 Å². The minimum Gasteiger partial charge on any atom is -0.307 e. The van der Waals surface area contributed by atoms with E-state index in [-0.39, 0.29) is 0 Å². The number of benzene rings is 3. The summed E-state index contributed by atoms with van der Waals surface area (Å²) in [7, 11) is 2.17. The van der Waals surface area contributed by atoms with Gasteiger partial charge in [0.1, 0.15) is 7.05 Å². The van der Waals surface area contributed by atoms with Gasteiger partial charge in [0.05, 0.1) is 27.3 Å². The van der Waals surface area contributed by atoms with Crippen LogP contribution in [0.3, 0.4) is 0 Å². The summed E-state index contributed by atoms with van der Waals surface area (Å²) in [6, 6.07) is 20.6. The van der Waals surface area contributed by atoms with E-state index in [0.29, 0.717) is 5.92 Å². The van der Waals surface area contributed by atoms with Crippen molar-refractivity contribution in [1.29, 1.82) is 0 Å². The SMILES string of the molecule is Cc1ccc2c3cc(CC(C)C)ccc3n3c4cccc5cc[n+](C)c(c1c23)c54. The highest BCUT2D eigenvalue weighted by Gasteiger charge is 2.23. The summed E-state index contributed by atoms with van der Waals surface area (Å²) in [6.07, 6.45) is 3.31. The Morgan fingerprint density at radius 1 is 0.897 bits per heavy atom. The molecule has 29 heavy (non-hydrogen) atoms. The van der Waals surface area contributed by atoms with Crippen molar-refractivity contribution in [3.8, 4) is 0 Å². The van der Waals surface area contributed by atoms with Crippen molar-refractivity contribution in [2.24, 2.45) is 13.0 Å². The molecule has 2 heteroatoms. The van der Waals surface area contributed by atoms with Crippen LogP contribution in [-0.4, -0.2) is 4.40 Å². The molecule has 0 amide bonds. The minimum absolute atomic E-state index is 0.659. The Labute approximate surface area is 170 Å². The largest absolute Gasteiger partial charge is 0.307 e. The fourth-order valence-electron chi connectivity index (χ4n) is 5.29. The number of aromatic nitrogens is 2. The van der Waals surface area contributed by atoms with Crippen LogP contribution in [0.15, 0.2) is 60.8 Å². The van der Waals surface area contributed by atoms with Gasteiger partial charge in [-0.1, -0.05) is 44.2 Å². The summed E-state index contributed by atoms with van der Waals surface area (Å²) < 4.78 is 4.79. The number of nitrogens with zero attached hydrogens (tertiary/aromatic N) is 2. The Morgan fingerprint density at radius 3 is 2.59 bits per heavy atom. The third kappa shape index (κ3) is 2.15. The van der Waals surface area contributed by atoms with Gasteiger partial charge in [0, 0.05) is 16.8 Å². The number of fused-ring (bicyclic) bond motifs is 5. The summed E-state index contributed by atoms with van der Waals surface area (Å²) in [5, 5.41) is 6.75. The number of hydrogen-bond donors (Lipinski definition) is 0. The molecule has 2 nitrogen and oxygen atoms in total. The summed E-state index contributed by atoms with van der Waals surface area (Å²) in [4.78, 5) is 0. The Hall–Kier alpha value is -3.13. The Balaban J connectivity index is 1.95. The lowest BCUT2D eigenvalue weighted by Gasteiger charge is -2.12. The van der Waals surface area contributed by atoms with Crippen molar-refractivity contribution in [2.45, 2.75) is 27.2 Å². The maximum absolute atomic E-state index is 2.50. The zero-order chi connectivity index (χ0) is 19.9. The lowest BCUT2D eigenvalue weighted by atomic mass is 9.99. The van der Waals surface area contributed by atoms with Crippen LogP contribution in [0.4, 0.5) is 0 Å². The molecule has 0 bridgehead atoms. The fourth-order valence-corrected chi connectivity index (χ4v) is 5.29. The molecule has 3 aromatic carbocycles. The van der Waals surface area contributed by atoms with Crippen molar-refractivity contribution in [3.05, 3.63) is 71.9 Å². The lowest BCUT2D eigenvalue weighted by Crippen LogP contribution is -2.28. The lowest BCUT2D eigenvalue weighted by molar-refractivity contribution is -0.643. The van der Waals surface area contributed by atoms with Gasteiger partial charge in [0.25, 0.3) is 0 Å². The van der Waals surface area contributed by atoms with E-state index in [9.17, 15) is 0 Å². The van der Waals surface area contributed by atoms with Gasteiger partial charge in [-0.25, -0.2) is 4.57 Å². The second-order valence-corrected chi connectivity index (χ2v) is 8.96. The van der Waals surface area contributed by atoms with Gasteiger partial charge in [0.15, 0.2) is 6.20 Å². The molecule has 0 spiro atoms. The number of rotatable bonds is 2. The van der Waals surface area contributed by atoms with E-state index in [4.69, 9.17) is 0 Å². The first-order chi connectivity index (χ1) is 14.0. The van der Waals surface area contributed by atoms with Gasteiger partial charge in [-0.05, 0) is 54.0 Å². The molecule has 0 aliphatic carbocycles. The minimum atomic E-state index is 0.659. The molecule has 0 saturated carbocycles. The van der Waals surface area contributed by atoms with Gasteiger partial charge in [-0.15, -0.1) is 0 Å². The second kappa shape index (κ2) is 5.70. The first-order valence-electron chi connectivity index (χ1n) is 10.5. The van der Waals surface area contributed by atoms with Crippen LogP contribution in [0, 0.1) is 12.8 Å². The highest BCUT2D eigenvalue weighted by atomic mass is 14.9. The molecule has 0 aliphatic heterocycles. The molecule has 3 aromatic heterocycles. The summed E-state index contributed by atoms with van der Waals surface area (Å²) in [5.74, 6) is 0.659. The molecule has 142 valence electrons. The smallest absolute Gasteiger partial charge is 0.224 e.